The van der Waals surface area contributed by atoms with E-state index in [9.17, 15) is 9.59 Å². The molecule has 6 nitrogen and oxygen atoms in total. The first-order valence-electron chi connectivity index (χ1n) is 9.89. The van der Waals surface area contributed by atoms with Crippen molar-refractivity contribution < 1.29 is 14.0 Å². The quantitative estimate of drug-likeness (QED) is 0.697. The minimum atomic E-state index is -0.241. The second-order valence-corrected chi connectivity index (χ2v) is 7.04. The standard InChI is InChI=1S/C23H23N3O3/c27-21(26-14-6-7-15-26)12-13-24-22(28)18-10-4-5-11-19(18)23-25-16-20(29-23)17-8-2-1-3-9-17/h1-5,8-11,16H,6-7,12-15H2,(H,24,28). The van der Waals surface area contributed by atoms with Gasteiger partial charge in [-0.05, 0) is 25.0 Å². The number of hydrogen-bond acceptors (Lipinski definition) is 4. The average molecular weight is 389 g/mol. The maximum absolute atomic E-state index is 12.7. The smallest absolute Gasteiger partial charge is 0.252 e. The van der Waals surface area contributed by atoms with Crippen molar-refractivity contribution in [2.75, 3.05) is 19.6 Å². The van der Waals surface area contributed by atoms with E-state index < -0.39 is 0 Å². The first kappa shape index (κ1) is 18.9. The van der Waals surface area contributed by atoms with Crippen LogP contribution in [0.3, 0.4) is 0 Å². The van der Waals surface area contributed by atoms with E-state index in [2.05, 4.69) is 10.3 Å². The molecule has 0 bridgehead atoms. The molecule has 4 rings (SSSR count). The van der Waals surface area contributed by atoms with Crippen molar-refractivity contribution in [3.05, 3.63) is 66.4 Å². The van der Waals surface area contributed by atoms with Crippen molar-refractivity contribution in [3.63, 3.8) is 0 Å². The predicted molar refractivity (Wildman–Crippen MR) is 110 cm³/mol. The zero-order chi connectivity index (χ0) is 20.1. The number of hydrogen-bond donors (Lipinski definition) is 1. The van der Waals surface area contributed by atoms with Gasteiger partial charge < -0.3 is 14.6 Å². The fourth-order valence-electron chi connectivity index (χ4n) is 3.50. The van der Waals surface area contributed by atoms with E-state index in [-0.39, 0.29) is 11.8 Å². The summed E-state index contributed by atoms with van der Waals surface area (Å²) < 4.78 is 5.90. The highest BCUT2D eigenvalue weighted by atomic mass is 16.4. The van der Waals surface area contributed by atoms with Crippen LogP contribution < -0.4 is 5.32 Å². The van der Waals surface area contributed by atoms with Gasteiger partial charge in [0.2, 0.25) is 11.8 Å². The molecule has 6 heteroatoms. The Labute approximate surface area is 169 Å². The number of amides is 2. The number of benzene rings is 2. The highest BCUT2D eigenvalue weighted by molar-refractivity contribution is 6.00. The molecule has 3 aromatic rings. The van der Waals surface area contributed by atoms with Gasteiger partial charge >= 0.3 is 0 Å². The van der Waals surface area contributed by atoms with E-state index in [4.69, 9.17) is 4.42 Å². The number of oxazole rings is 1. The van der Waals surface area contributed by atoms with Gasteiger partial charge in [0.05, 0.1) is 11.8 Å². The molecular formula is C23H23N3O3. The number of carbonyl (C=O) groups is 2. The number of nitrogens with one attached hydrogen (secondary N) is 1. The van der Waals surface area contributed by atoms with Gasteiger partial charge in [0.25, 0.3) is 5.91 Å². The van der Waals surface area contributed by atoms with Crippen molar-refractivity contribution >= 4 is 11.8 Å². The Kier molecular flexibility index (Phi) is 5.70. The molecule has 148 valence electrons. The average Bonchev–Trinajstić information content (AvgIpc) is 3.47. The van der Waals surface area contributed by atoms with Gasteiger partial charge in [-0.3, -0.25) is 9.59 Å². The SMILES string of the molecule is O=C(NCCC(=O)N1CCCC1)c1ccccc1-c1ncc(-c2ccccc2)o1. The van der Waals surface area contributed by atoms with E-state index in [1.807, 2.05) is 47.4 Å². The van der Waals surface area contributed by atoms with E-state index in [1.165, 1.54) is 0 Å². The number of likely N-dealkylation sites (tertiary alicyclic amines) is 1. The summed E-state index contributed by atoms with van der Waals surface area (Å²) in [6.07, 6.45) is 4.10. The van der Waals surface area contributed by atoms with E-state index in [0.717, 1.165) is 31.5 Å². The molecule has 1 aliphatic heterocycles. The molecule has 1 saturated heterocycles. The maximum Gasteiger partial charge on any atom is 0.252 e. The summed E-state index contributed by atoms with van der Waals surface area (Å²) in [5, 5.41) is 2.85. The lowest BCUT2D eigenvalue weighted by atomic mass is 10.1. The van der Waals surface area contributed by atoms with Crippen molar-refractivity contribution in [3.8, 4) is 22.8 Å². The molecule has 0 radical (unpaired) electrons. The fourth-order valence-corrected chi connectivity index (χ4v) is 3.50. The van der Waals surface area contributed by atoms with Gasteiger partial charge in [-0.2, -0.15) is 0 Å². The Balaban J connectivity index is 1.45. The van der Waals surface area contributed by atoms with Crippen LogP contribution in [0.25, 0.3) is 22.8 Å². The van der Waals surface area contributed by atoms with Crippen molar-refractivity contribution in [1.29, 1.82) is 0 Å². The van der Waals surface area contributed by atoms with Crippen molar-refractivity contribution in [2.24, 2.45) is 0 Å². The van der Waals surface area contributed by atoms with Crippen LogP contribution in [-0.2, 0) is 4.79 Å². The van der Waals surface area contributed by atoms with Crippen LogP contribution in [0.5, 0.6) is 0 Å². The highest BCUT2D eigenvalue weighted by Gasteiger charge is 2.19. The van der Waals surface area contributed by atoms with E-state index in [1.54, 1.807) is 18.3 Å². The lowest BCUT2D eigenvalue weighted by molar-refractivity contribution is -0.129. The number of rotatable bonds is 6. The topological polar surface area (TPSA) is 75.4 Å². The molecule has 2 amide bonds. The molecule has 0 unspecified atom stereocenters. The van der Waals surface area contributed by atoms with Gasteiger partial charge in [-0.25, -0.2) is 4.98 Å². The van der Waals surface area contributed by atoms with Gasteiger partial charge in [0.15, 0.2) is 5.76 Å². The molecule has 0 atom stereocenters. The van der Waals surface area contributed by atoms with Crippen LogP contribution in [0.1, 0.15) is 29.6 Å². The maximum atomic E-state index is 12.7. The molecule has 1 aromatic heterocycles. The number of aromatic nitrogens is 1. The predicted octanol–water partition coefficient (Wildman–Crippen LogP) is 3.75. The van der Waals surface area contributed by atoms with Gasteiger partial charge in [0, 0.05) is 37.2 Å². The Morgan fingerprint density at radius 3 is 2.52 bits per heavy atom. The third kappa shape index (κ3) is 4.37. The zero-order valence-electron chi connectivity index (χ0n) is 16.1. The molecule has 0 saturated carbocycles. The first-order chi connectivity index (χ1) is 14.2. The summed E-state index contributed by atoms with van der Waals surface area (Å²) >= 11 is 0. The number of carbonyl (C=O) groups excluding carboxylic acids is 2. The van der Waals surface area contributed by atoms with Crippen molar-refractivity contribution in [1.82, 2.24) is 15.2 Å². The Hall–Kier alpha value is -3.41. The Bertz CT molecular complexity index is 991. The summed E-state index contributed by atoms with van der Waals surface area (Å²) in [5.41, 5.74) is 2.02. The second-order valence-electron chi connectivity index (χ2n) is 7.04. The minimum absolute atomic E-state index is 0.0938. The summed E-state index contributed by atoms with van der Waals surface area (Å²) in [7, 11) is 0. The van der Waals surface area contributed by atoms with E-state index in [0.29, 0.717) is 35.7 Å². The summed E-state index contributed by atoms with van der Waals surface area (Å²) in [5.74, 6) is 0.889. The highest BCUT2D eigenvalue weighted by Crippen LogP contribution is 2.28. The van der Waals surface area contributed by atoms with Crippen molar-refractivity contribution in [2.45, 2.75) is 19.3 Å². The van der Waals surface area contributed by atoms with Crippen LogP contribution >= 0.6 is 0 Å². The lowest BCUT2D eigenvalue weighted by Gasteiger charge is -2.15. The van der Waals surface area contributed by atoms with Gasteiger partial charge in [-0.1, -0.05) is 42.5 Å². The molecule has 2 aromatic carbocycles. The van der Waals surface area contributed by atoms with Crippen LogP contribution in [0.15, 0.2) is 65.2 Å². The monoisotopic (exact) mass is 389 g/mol. The van der Waals surface area contributed by atoms with Crippen LogP contribution in [0, 0.1) is 0 Å². The first-order valence-corrected chi connectivity index (χ1v) is 9.89. The van der Waals surface area contributed by atoms with Crippen LogP contribution in [0.4, 0.5) is 0 Å². The molecule has 29 heavy (non-hydrogen) atoms. The van der Waals surface area contributed by atoms with Crippen LogP contribution in [-0.4, -0.2) is 41.3 Å². The molecule has 1 N–H and O–H groups in total. The Morgan fingerprint density at radius 2 is 1.72 bits per heavy atom. The summed E-state index contributed by atoms with van der Waals surface area (Å²) in [6.45, 7) is 1.95. The zero-order valence-corrected chi connectivity index (χ0v) is 16.1. The summed E-state index contributed by atoms with van der Waals surface area (Å²) in [4.78, 5) is 31.1. The molecule has 0 spiro atoms. The lowest BCUT2D eigenvalue weighted by Crippen LogP contribution is -2.32. The molecule has 0 aliphatic carbocycles. The van der Waals surface area contributed by atoms with Crippen LogP contribution in [0.2, 0.25) is 0 Å². The second kappa shape index (κ2) is 8.73. The molecule has 1 aliphatic rings. The minimum Gasteiger partial charge on any atom is -0.436 e. The third-order valence-corrected chi connectivity index (χ3v) is 5.05. The Morgan fingerprint density at radius 1 is 1.00 bits per heavy atom. The van der Waals surface area contributed by atoms with Gasteiger partial charge in [0.1, 0.15) is 0 Å². The largest absolute Gasteiger partial charge is 0.436 e. The molecule has 1 fully saturated rings. The fraction of sp³-hybridized carbons (Fsp3) is 0.261. The normalized spacial score (nSPS) is 13.4. The third-order valence-electron chi connectivity index (χ3n) is 5.05. The summed E-state index contributed by atoms with van der Waals surface area (Å²) in [6, 6.07) is 16.9. The number of nitrogens with zero attached hydrogens (tertiary/aromatic N) is 2. The molecular weight excluding hydrogens is 366 g/mol. The molecule has 2 heterocycles. The van der Waals surface area contributed by atoms with E-state index >= 15 is 0 Å². The van der Waals surface area contributed by atoms with Gasteiger partial charge in [-0.15, -0.1) is 0 Å².